The third kappa shape index (κ3) is 2.23. The summed E-state index contributed by atoms with van der Waals surface area (Å²) in [6, 6.07) is 8.41. The van der Waals surface area contributed by atoms with E-state index in [0.29, 0.717) is 23.3 Å². The molecule has 5 nitrogen and oxygen atoms in total. The highest BCUT2D eigenvalue weighted by molar-refractivity contribution is 6.06. The van der Waals surface area contributed by atoms with E-state index in [4.69, 9.17) is 4.42 Å². The molecule has 2 aromatic carbocycles. The van der Waals surface area contributed by atoms with Crippen molar-refractivity contribution in [3.8, 4) is 17.2 Å². The van der Waals surface area contributed by atoms with Crippen LogP contribution >= 0.6 is 0 Å². The molecule has 118 valence electrons. The van der Waals surface area contributed by atoms with Crippen LogP contribution in [0.25, 0.3) is 22.2 Å². The van der Waals surface area contributed by atoms with Crippen LogP contribution < -0.4 is 5.32 Å². The van der Waals surface area contributed by atoms with Crippen LogP contribution in [0.3, 0.4) is 0 Å². The molecule has 2 N–H and O–H groups in total. The molecule has 0 unspecified atom stereocenters. The third-order valence-electron chi connectivity index (χ3n) is 4.45. The van der Waals surface area contributed by atoms with Crippen LogP contribution in [-0.2, 0) is 6.42 Å². The molecular weight excluding hydrogens is 290 g/mol. The molecule has 1 aliphatic rings. The highest BCUT2D eigenvalue weighted by Crippen LogP contribution is 2.48. The molecule has 0 radical (unpaired) electrons. The Balaban J connectivity index is 1.86. The van der Waals surface area contributed by atoms with Crippen molar-refractivity contribution in [2.24, 2.45) is 0 Å². The van der Waals surface area contributed by atoms with Crippen LogP contribution in [0.15, 0.2) is 28.7 Å². The zero-order chi connectivity index (χ0) is 15.8. The van der Waals surface area contributed by atoms with Crippen molar-refractivity contribution in [2.75, 3.05) is 5.32 Å². The van der Waals surface area contributed by atoms with E-state index < -0.39 is 0 Å². The van der Waals surface area contributed by atoms with Crippen LogP contribution in [0, 0.1) is 0 Å². The van der Waals surface area contributed by atoms with E-state index >= 15 is 0 Å². The van der Waals surface area contributed by atoms with Gasteiger partial charge in [-0.3, -0.25) is 0 Å². The van der Waals surface area contributed by atoms with Crippen LogP contribution in [-0.4, -0.2) is 15.3 Å². The minimum atomic E-state index is 0.292. The fourth-order valence-electron chi connectivity index (χ4n) is 3.30. The number of unbranched alkanes of at least 4 members (excludes halogenated alkanes) is 3. The van der Waals surface area contributed by atoms with Crippen molar-refractivity contribution in [1.29, 1.82) is 0 Å². The first kappa shape index (κ1) is 14.1. The van der Waals surface area contributed by atoms with Gasteiger partial charge in [-0.15, -0.1) is 5.10 Å². The van der Waals surface area contributed by atoms with Gasteiger partial charge in [-0.25, -0.2) is 0 Å². The molecule has 1 aromatic heterocycles. The van der Waals surface area contributed by atoms with Gasteiger partial charge in [0.15, 0.2) is 0 Å². The van der Waals surface area contributed by atoms with Gasteiger partial charge < -0.3 is 14.8 Å². The Morgan fingerprint density at radius 2 is 1.91 bits per heavy atom. The van der Waals surface area contributed by atoms with Gasteiger partial charge in [0.25, 0.3) is 5.89 Å². The summed E-state index contributed by atoms with van der Waals surface area (Å²) in [5.74, 6) is 0.749. The first-order valence-electron chi connectivity index (χ1n) is 8.17. The quantitative estimate of drug-likeness (QED) is 0.410. The molecule has 0 amide bonds. The van der Waals surface area contributed by atoms with Crippen molar-refractivity contribution < 1.29 is 9.52 Å². The topological polar surface area (TPSA) is 71.2 Å². The zero-order valence-electron chi connectivity index (χ0n) is 13.1. The lowest BCUT2D eigenvalue weighted by Gasteiger charge is -2.19. The van der Waals surface area contributed by atoms with E-state index in [2.05, 4.69) is 28.5 Å². The van der Waals surface area contributed by atoms with Crippen molar-refractivity contribution in [3.05, 3.63) is 29.8 Å². The maximum Gasteiger partial charge on any atom is 0.320 e. The third-order valence-corrected chi connectivity index (χ3v) is 4.45. The van der Waals surface area contributed by atoms with Gasteiger partial charge in [0.2, 0.25) is 0 Å². The van der Waals surface area contributed by atoms with Gasteiger partial charge in [0.1, 0.15) is 5.75 Å². The lowest BCUT2D eigenvalue weighted by Crippen LogP contribution is -2.01. The number of phenols is 1. The lowest BCUT2D eigenvalue weighted by atomic mass is 9.93. The zero-order valence-corrected chi connectivity index (χ0v) is 13.1. The van der Waals surface area contributed by atoms with Gasteiger partial charge in [-0.1, -0.05) is 55.6 Å². The van der Waals surface area contributed by atoms with E-state index in [1.807, 2.05) is 18.2 Å². The first-order valence-corrected chi connectivity index (χ1v) is 8.17. The van der Waals surface area contributed by atoms with Crippen LogP contribution in [0.1, 0.15) is 38.2 Å². The average Bonchev–Trinajstić information content (AvgIpc) is 2.95. The van der Waals surface area contributed by atoms with E-state index in [9.17, 15) is 5.11 Å². The minimum Gasteiger partial charge on any atom is -0.505 e. The van der Waals surface area contributed by atoms with Crippen molar-refractivity contribution in [2.45, 2.75) is 39.0 Å². The van der Waals surface area contributed by atoms with Crippen molar-refractivity contribution in [1.82, 2.24) is 10.2 Å². The largest absolute Gasteiger partial charge is 0.505 e. The second-order valence-electron chi connectivity index (χ2n) is 5.97. The molecule has 0 saturated carbocycles. The lowest BCUT2D eigenvalue weighted by molar-refractivity contribution is 0.468. The molecular formula is C18H19N3O2. The number of hydrogen-bond donors (Lipinski definition) is 2. The predicted molar refractivity (Wildman–Crippen MR) is 90.0 cm³/mol. The maximum absolute atomic E-state index is 10.8. The molecule has 0 aliphatic carbocycles. The normalized spacial score (nSPS) is 12.2. The molecule has 4 rings (SSSR count). The Kier molecular flexibility index (Phi) is 3.41. The summed E-state index contributed by atoms with van der Waals surface area (Å²) >= 11 is 0. The Morgan fingerprint density at radius 1 is 1.09 bits per heavy atom. The van der Waals surface area contributed by atoms with Gasteiger partial charge >= 0.3 is 6.01 Å². The molecule has 23 heavy (non-hydrogen) atoms. The van der Waals surface area contributed by atoms with Gasteiger partial charge in [0.05, 0.1) is 11.3 Å². The van der Waals surface area contributed by atoms with Crippen LogP contribution in [0.4, 0.5) is 11.7 Å². The summed E-state index contributed by atoms with van der Waals surface area (Å²) in [5.41, 5.74) is 2.45. The monoisotopic (exact) mass is 309 g/mol. The van der Waals surface area contributed by atoms with Gasteiger partial charge in [0, 0.05) is 5.56 Å². The number of aromatic hydroxyl groups is 1. The summed E-state index contributed by atoms with van der Waals surface area (Å²) in [7, 11) is 0. The van der Waals surface area contributed by atoms with E-state index in [-0.39, 0.29) is 0 Å². The molecule has 5 heteroatoms. The fraction of sp³-hybridized carbons (Fsp3) is 0.333. The van der Waals surface area contributed by atoms with Gasteiger partial charge in [-0.2, -0.15) is 0 Å². The fourth-order valence-corrected chi connectivity index (χ4v) is 3.30. The number of rotatable bonds is 5. The van der Waals surface area contributed by atoms with Gasteiger partial charge in [-0.05, 0) is 23.6 Å². The number of benzene rings is 2. The Labute approximate surface area is 134 Å². The number of phenolic OH excluding ortho intramolecular Hbond substituents is 1. The Morgan fingerprint density at radius 3 is 2.74 bits per heavy atom. The van der Waals surface area contributed by atoms with Crippen molar-refractivity contribution in [3.63, 3.8) is 0 Å². The molecule has 1 aliphatic heterocycles. The summed E-state index contributed by atoms with van der Waals surface area (Å²) in [6.07, 6.45) is 5.54. The molecule has 0 fully saturated rings. The Hall–Kier alpha value is -2.56. The van der Waals surface area contributed by atoms with E-state index in [1.54, 1.807) is 0 Å². The Bertz CT molecular complexity index is 870. The number of aromatic nitrogens is 2. The molecule has 2 bridgehead atoms. The SMILES string of the molecule is CCCCCCc1c(O)c2c(c3ccccc13)-c1nnc(o1)N2. The molecule has 2 heterocycles. The minimum absolute atomic E-state index is 0.292. The van der Waals surface area contributed by atoms with Crippen LogP contribution in [0.5, 0.6) is 5.75 Å². The first-order chi connectivity index (χ1) is 11.3. The predicted octanol–water partition coefficient (Wildman–Crippen LogP) is 4.78. The highest BCUT2D eigenvalue weighted by Gasteiger charge is 2.27. The van der Waals surface area contributed by atoms with E-state index in [1.165, 1.54) is 19.3 Å². The smallest absolute Gasteiger partial charge is 0.320 e. The maximum atomic E-state index is 10.8. The highest BCUT2D eigenvalue weighted by atomic mass is 16.4. The second kappa shape index (κ2) is 5.57. The number of aryl methyl sites for hydroxylation is 1. The summed E-state index contributed by atoms with van der Waals surface area (Å²) in [5, 5.41) is 24.0. The molecule has 3 aromatic rings. The standard InChI is InChI=1S/C18H19N3O2/c1-2-3-4-5-10-13-11-8-6-7-9-12(11)14-15(16(13)22)19-18-21-20-17(14)23-18/h6-9,22H,2-5,10H2,1H3,(H,19,21). The second-order valence-corrected chi connectivity index (χ2v) is 5.97. The molecule has 0 atom stereocenters. The number of nitrogens with zero attached hydrogens (tertiary/aromatic N) is 2. The van der Waals surface area contributed by atoms with Crippen LogP contribution in [0.2, 0.25) is 0 Å². The van der Waals surface area contributed by atoms with Crippen molar-refractivity contribution >= 4 is 22.5 Å². The summed E-state index contributed by atoms with van der Waals surface area (Å²) in [4.78, 5) is 0. The average molecular weight is 309 g/mol. The summed E-state index contributed by atoms with van der Waals surface area (Å²) < 4.78 is 5.52. The number of nitrogens with one attached hydrogen (secondary N) is 1. The molecule has 0 saturated heterocycles. The summed E-state index contributed by atoms with van der Waals surface area (Å²) in [6.45, 7) is 2.20. The number of anilines is 2. The molecule has 0 spiro atoms. The number of fused-ring (bicyclic) bond motifs is 6. The number of hydrogen-bond acceptors (Lipinski definition) is 5. The van der Waals surface area contributed by atoms with E-state index in [0.717, 1.165) is 34.7 Å².